The van der Waals surface area contributed by atoms with E-state index in [2.05, 4.69) is 5.32 Å². The molecule has 0 saturated heterocycles. The number of hydrogen-bond acceptors (Lipinski definition) is 4. The minimum atomic E-state index is -3.91. The number of nitrogens with zero attached hydrogens (tertiary/aromatic N) is 2. The maximum atomic E-state index is 14.1. The second-order valence-corrected chi connectivity index (χ2v) is 14.1. The Hall–Kier alpha value is -2.78. The van der Waals surface area contributed by atoms with E-state index in [1.165, 1.54) is 11.0 Å². The largest absolute Gasteiger partial charge is 0.350 e. The number of halogens is 3. The molecule has 0 unspecified atom stereocenters. The Morgan fingerprint density at radius 1 is 0.927 bits per heavy atom. The molecule has 3 rings (SSSR count). The van der Waals surface area contributed by atoms with Gasteiger partial charge in [-0.15, -0.1) is 0 Å². The number of rotatable bonds is 10. The van der Waals surface area contributed by atoms with Crippen LogP contribution in [-0.2, 0) is 32.6 Å². The summed E-state index contributed by atoms with van der Waals surface area (Å²) in [6.45, 7) is 6.72. The van der Waals surface area contributed by atoms with Gasteiger partial charge < -0.3 is 10.2 Å². The third-order valence-corrected chi connectivity index (χ3v) is 8.38. The molecular weight excluding hydrogens is 605 g/mol. The molecule has 2 amide bonds. The number of hydrogen-bond donors (Lipinski definition) is 1. The van der Waals surface area contributed by atoms with Crippen LogP contribution in [0.15, 0.2) is 66.7 Å². The van der Waals surface area contributed by atoms with E-state index in [9.17, 15) is 18.0 Å². The highest BCUT2D eigenvalue weighted by molar-refractivity contribution is 7.92. The fraction of sp³-hybridized carbons (Fsp3) is 0.333. The smallest absolute Gasteiger partial charge is 0.244 e. The first-order valence-corrected chi connectivity index (χ1v) is 15.9. The first-order valence-electron chi connectivity index (χ1n) is 12.9. The molecule has 41 heavy (non-hydrogen) atoms. The molecule has 0 bridgehead atoms. The van der Waals surface area contributed by atoms with E-state index < -0.39 is 34.1 Å². The molecule has 0 aliphatic rings. The molecule has 0 fully saturated rings. The normalized spacial score (nSPS) is 12.5. The molecule has 0 radical (unpaired) electrons. The van der Waals surface area contributed by atoms with Crippen LogP contribution in [0.1, 0.15) is 37.5 Å². The molecule has 0 heterocycles. The van der Waals surface area contributed by atoms with Gasteiger partial charge in [0.2, 0.25) is 21.8 Å². The number of benzene rings is 3. The van der Waals surface area contributed by atoms with Gasteiger partial charge in [0.25, 0.3) is 0 Å². The number of aryl methyl sites for hydroxylation is 1. The molecule has 0 aliphatic carbocycles. The molecule has 7 nitrogen and oxygen atoms in total. The summed E-state index contributed by atoms with van der Waals surface area (Å²) in [7, 11) is -3.91. The van der Waals surface area contributed by atoms with Crippen molar-refractivity contribution in [1.29, 1.82) is 0 Å². The van der Waals surface area contributed by atoms with Crippen LogP contribution in [0.5, 0.6) is 0 Å². The molecule has 0 saturated carbocycles. The van der Waals surface area contributed by atoms with E-state index in [4.69, 9.17) is 34.8 Å². The average Bonchev–Trinajstić information content (AvgIpc) is 2.86. The summed E-state index contributed by atoms with van der Waals surface area (Å²) >= 11 is 18.9. The Morgan fingerprint density at radius 2 is 1.59 bits per heavy atom. The third kappa shape index (κ3) is 9.36. The van der Waals surface area contributed by atoms with Crippen molar-refractivity contribution >= 4 is 62.3 Å². The van der Waals surface area contributed by atoms with Crippen molar-refractivity contribution < 1.29 is 18.0 Å². The quantitative estimate of drug-likeness (QED) is 0.283. The fourth-order valence-electron chi connectivity index (χ4n) is 4.19. The van der Waals surface area contributed by atoms with Gasteiger partial charge in [-0.25, -0.2) is 8.42 Å². The predicted molar refractivity (Wildman–Crippen MR) is 167 cm³/mol. The third-order valence-electron chi connectivity index (χ3n) is 6.25. The molecule has 1 N–H and O–H groups in total. The minimum Gasteiger partial charge on any atom is -0.350 e. The molecular formula is C30H34Cl3N3O4S. The van der Waals surface area contributed by atoms with E-state index in [0.717, 1.165) is 21.7 Å². The Balaban J connectivity index is 2.11. The van der Waals surface area contributed by atoms with Crippen molar-refractivity contribution in [3.8, 4) is 0 Å². The van der Waals surface area contributed by atoms with Crippen LogP contribution in [0.25, 0.3) is 0 Å². The molecule has 1 atom stereocenters. The molecule has 0 spiro atoms. The predicted octanol–water partition coefficient (Wildman–Crippen LogP) is 6.28. The van der Waals surface area contributed by atoms with Crippen LogP contribution >= 0.6 is 34.8 Å². The average molecular weight is 639 g/mol. The zero-order valence-corrected chi connectivity index (χ0v) is 26.7. The van der Waals surface area contributed by atoms with E-state index in [-0.39, 0.29) is 24.6 Å². The van der Waals surface area contributed by atoms with Gasteiger partial charge in [-0.2, -0.15) is 0 Å². The number of amides is 2. The molecule has 0 aliphatic heterocycles. The second kappa shape index (κ2) is 13.5. The van der Waals surface area contributed by atoms with Crippen molar-refractivity contribution in [2.24, 2.45) is 0 Å². The number of carbonyl (C=O) groups excluding carboxylic acids is 2. The highest BCUT2D eigenvalue weighted by Gasteiger charge is 2.34. The Bertz CT molecular complexity index is 1510. The van der Waals surface area contributed by atoms with E-state index in [0.29, 0.717) is 20.6 Å². The van der Waals surface area contributed by atoms with Crippen LogP contribution in [0.4, 0.5) is 5.69 Å². The van der Waals surface area contributed by atoms with Crippen LogP contribution in [0.3, 0.4) is 0 Å². The molecule has 3 aromatic carbocycles. The topological polar surface area (TPSA) is 86.8 Å². The fourth-order valence-corrected chi connectivity index (χ4v) is 5.68. The summed E-state index contributed by atoms with van der Waals surface area (Å²) in [5, 5.41) is 4.07. The summed E-state index contributed by atoms with van der Waals surface area (Å²) in [6, 6.07) is 18.0. The number of sulfonamides is 1. The summed E-state index contributed by atoms with van der Waals surface area (Å²) in [6.07, 6.45) is 1.21. The van der Waals surface area contributed by atoms with Gasteiger partial charge in [0.15, 0.2) is 0 Å². The summed E-state index contributed by atoms with van der Waals surface area (Å²) in [5.41, 5.74) is 1.79. The lowest BCUT2D eigenvalue weighted by Crippen LogP contribution is -2.56. The second-order valence-electron chi connectivity index (χ2n) is 10.9. The van der Waals surface area contributed by atoms with Crippen molar-refractivity contribution in [3.63, 3.8) is 0 Å². The number of anilines is 1. The summed E-state index contributed by atoms with van der Waals surface area (Å²) in [5.74, 6) is -0.979. The van der Waals surface area contributed by atoms with Gasteiger partial charge in [0, 0.05) is 33.6 Å². The van der Waals surface area contributed by atoms with Crippen molar-refractivity contribution in [2.75, 3.05) is 17.1 Å². The van der Waals surface area contributed by atoms with Gasteiger partial charge >= 0.3 is 0 Å². The van der Waals surface area contributed by atoms with Gasteiger partial charge in [-0.05, 0) is 68.7 Å². The SMILES string of the molecule is Cc1ccc(N(CC(=O)N(Cc2ccc(Cl)cc2Cl)[C@@H](Cc2ccccc2)C(=O)NC(C)(C)C)S(C)(=O)=O)cc1Cl. The first-order chi connectivity index (χ1) is 19.0. The number of nitrogens with one attached hydrogen (secondary N) is 1. The lowest BCUT2D eigenvalue weighted by molar-refractivity contribution is -0.140. The van der Waals surface area contributed by atoms with Crippen molar-refractivity contribution in [3.05, 3.63) is 98.5 Å². The van der Waals surface area contributed by atoms with Gasteiger partial charge in [0.05, 0.1) is 11.9 Å². The first kappa shape index (κ1) is 32.7. The Morgan fingerprint density at radius 3 is 2.15 bits per heavy atom. The summed E-state index contributed by atoms with van der Waals surface area (Å²) in [4.78, 5) is 29.3. The zero-order valence-electron chi connectivity index (χ0n) is 23.6. The lowest BCUT2D eigenvalue weighted by Gasteiger charge is -2.35. The van der Waals surface area contributed by atoms with Gasteiger partial charge in [-0.3, -0.25) is 13.9 Å². The lowest BCUT2D eigenvalue weighted by atomic mass is 10.0. The molecule has 220 valence electrons. The highest BCUT2D eigenvalue weighted by Crippen LogP contribution is 2.27. The monoisotopic (exact) mass is 637 g/mol. The maximum Gasteiger partial charge on any atom is 0.244 e. The molecule has 0 aromatic heterocycles. The van der Waals surface area contributed by atoms with Gasteiger partial charge in [0.1, 0.15) is 12.6 Å². The van der Waals surface area contributed by atoms with Crippen molar-refractivity contribution in [1.82, 2.24) is 10.2 Å². The van der Waals surface area contributed by atoms with E-state index in [1.54, 1.807) is 37.3 Å². The van der Waals surface area contributed by atoms with Crippen molar-refractivity contribution in [2.45, 2.75) is 52.2 Å². The standard InChI is InChI=1S/C30H34Cl3N3O4S/c1-20-11-14-24(17-25(20)32)36(41(5,39)40)19-28(37)35(18-22-12-13-23(31)16-26(22)33)27(29(38)34-30(2,3)4)15-21-9-7-6-8-10-21/h6-14,16-17,27H,15,18-19H2,1-5H3,(H,34,38)/t27-/m0/s1. The van der Waals surface area contributed by atoms with Crippen LogP contribution in [0, 0.1) is 6.92 Å². The molecule has 11 heteroatoms. The number of carbonyl (C=O) groups is 2. The molecule has 3 aromatic rings. The summed E-state index contributed by atoms with van der Waals surface area (Å²) < 4.78 is 26.8. The van der Waals surface area contributed by atoms with Crippen LogP contribution in [0.2, 0.25) is 15.1 Å². The van der Waals surface area contributed by atoms with E-state index in [1.807, 2.05) is 51.1 Å². The van der Waals surface area contributed by atoms with Gasteiger partial charge in [-0.1, -0.05) is 77.3 Å². The van der Waals surface area contributed by atoms with Crippen LogP contribution < -0.4 is 9.62 Å². The maximum absolute atomic E-state index is 14.1. The zero-order chi connectivity index (χ0) is 30.5. The Kier molecular flexibility index (Phi) is 10.7. The van der Waals surface area contributed by atoms with Crippen LogP contribution in [-0.4, -0.2) is 49.5 Å². The van der Waals surface area contributed by atoms with E-state index >= 15 is 0 Å². The Labute approximate surface area is 257 Å². The minimum absolute atomic E-state index is 0.0594. The highest BCUT2D eigenvalue weighted by atomic mass is 35.5.